The van der Waals surface area contributed by atoms with Gasteiger partial charge in [0.1, 0.15) is 11.8 Å². The third kappa shape index (κ3) is 2.56. The zero-order valence-corrected chi connectivity index (χ0v) is 11.0. The first-order valence-electron chi connectivity index (χ1n) is 5.41. The molecule has 5 heteroatoms. The lowest BCUT2D eigenvalue weighted by molar-refractivity contribution is 0.371. The molecule has 0 N–H and O–H groups in total. The zero-order valence-electron chi connectivity index (χ0n) is 10.2. The van der Waals surface area contributed by atoms with Gasteiger partial charge in [-0.1, -0.05) is 18.2 Å². The number of rotatable bonds is 3. The van der Waals surface area contributed by atoms with Crippen LogP contribution >= 0.6 is 11.6 Å². The SMILES string of the molecule is C=C(OC)c1cc(Cl)c(C#N)nc1-c1cccnc1. The molecule has 0 aliphatic rings. The van der Waals surface area contributed by atoms with E-state index >= 15 is 0 Å². The summed E-state index contributed by atoms with van der Waals surface area (Å²) >= 11 is 5.99. The number of hydrogen-bond donors (Lipinski definition) is 0. The van der Waals surface area contributed by atoms with Crippen molar-refractivity contribution in [1.29, 1.82) is 5.26 Å². The summed E-state index contributed by atoms with van der Waals surface area (Å²) in [5.74, 6) is 0.428. The van der Waals surface area contributed by atoms with E-state index in [0.29, 0.717) is 17.0 Å². The highest BCUT2D eigenvalue weighted by atomic mass is 35.5. The Morgan fingerprint density at radius 1 is 1.53 bits per heavy atom. The number of methoxy groups -OCH3 is 1. The van der Waals surface area contributed by atoms with Crippen LogP contribution in [0.4, 0.5) is 0 Å². The maximum Gasteiger partial charge on any atom is 0.159 e. The Balaban J connectivity index is 2.70. The molecular formula is C14H10ClN3O. The molecule has 2 rings (SSSR count). The van der Waals surface area contributed by atoms with Crippen LogP contribution < -0.4 is 0 Å². The van der Waals surface area contributed by atoms with Gasteiger partial charge in [0.2, 0.25) is 0 Å². The minimum atomic E-state index is 0.160. The van der Waals surface area contributed by atoms with Gasteiger partial charge in [0.05, 0.1) is 17.8 Å². The summed E-state index contributed by atoms with van der Waals surface area (Å²) in [6.45, 7) is 3.80. The molecule has 0 saturated carbocycles. The summed E-state index contributed by atoms with van der Waals surface area (Å²) in [4.78, 5) is 8.29. The van der Waals surface area contributed by atoms with E-state index in [1.165, 1.54) is 7.11 Å². The number of pyridine rings is 2. The second-order valence-corrected chi connectivity index (χ2v) is 4.10. The average molecular weight is 272 g/mol. The standard InChI is InChI=1S/C14H10ClN3O/c1-9(19-2)11-6-12(15)13(7-16)18-14(11)10-4-3-5-17-8-10/h3-6,8H,1H2,2H3. The summed E-state index contributed by atoms with van der Waals surface area (Å²) in [5.41, 5.74) is 2.14. The summed E-state index contributed by atoms with van der Waals surface area (Å²) in [6.07, 6.45) is 3.32. The minimum Gasteiger partial charge on any atom is -0.497 e. The van der Waals surface area contributed by atoms with Gasteiger partial charge in [-0.05, 0) is 18.2 Å². The van der Waals surface area contributed by atoms with Crippen LogP contribution in [0, 0.1) is 11.3 Å². The molecule has 2 aromatic rings. The van der Waals surface area contributed by atoms with Gasteiger partial charge < -0.3 is 4.74 Å². The highest BCUT2D eigenvalue weighted by molar-refractivity contribution is 6.31. The second-order valence-electron chi connectivity index (χ2n) is 3.70. The summed E-state index contributed by atoms with van der Waals surface area (Å²) < 4.78 is 5.13. The molecule has 2 aromatic heterocycles. The molecule has 19 heavy (non-hydrogen) atoms. The van der Waals surface area contributed by atoms with Crippen molar-refractivity contribution >= 4 is 17.4 Å². The van der Waals surface area contributed by atoms with Crippen LogP contribution in [0.25, 0.3) is 17.0 Å². The van der Waals surface area contributed by atoms with Crippen molar-refractivity contribution < 1.29 is 4.74 Å². The van der Waals surface area contributed by atoms with Crippen molar-refractivity contribution in [2.75, 3.05) is 7.11 Å². The molecule has 94 valence electrons. The predicted octanol–water partition coefficient (Wildman–Crippen LogP) is 3.29. The Labute approximate surface area is 116 Å². The molecule has 0 aromatic carbocycles. The van der Waals surface area contributed by atoms with E-state index in [1.54, 1.807) is 24.5 Å². The Morgan fingerprint density at radius 2 is 2.32 bits per heavy atom. The van der Waals surface area contributed by atoms with Gasteiger partial charge in [-0.3, -0.25) is 4.98 Å². The molecule has 0 amide bonds. The number of halogens is 1. The maximum absolute atomic E-state index is 9.01. The molecule has 0 unspecified atom stereocenters. The Morgan fingerprint density at radius 3 is 2.89 bits per heavy atom. The van der Waals surface area contributed by atoms with Gasteiger partial charge in [0, 0.05) is 23.5 Å². The van der Waals surface area contributed by atoms with E-state index in [2.05, 4.69) is 16.5 Å². The van der Waals surface area contributed by atoms with E-state index in [4.69, 9.17) is 21.6 Å². The maximum atomic E-state index is 9.01. The normalized spacial score (nSPS) is 9.74. The van der Waals surface area contributed by atoms with E-state index in [1.807, 2.05) is 12.1 Å². The van der Waals surface area contributed by atoms with Crippen molar-refractivity contribution in [3.05, 3.63) is 53.5 Å². The van der Waals surface area contributed by atoms with Crippen molar-refractivity contribution in [3.8, 4) is 17.3 Å². The smallest absolute Gasteiger partial charge is 0.159 e. The van der Waals surface area contributed by atoms with E-state index < -0.39 is 0 Å². The lowest BCUT2D eigenvalue weighted by Crippen LogP contribution is -1.98. The molecule has 4 nitrogen and oxygen atoms in total. The van der Waals surface area contributed by atoms with Gasteiger partial charge in [0.15, 0.2) is 5.69 Å². The molecule has 0 atom stereocenters. The third-order valence-electron chi connectivity index (χ3n) is 2.56. The number of nitriles is 1. The molecule has 0 bridgehead atoms. The monoisotopic (exact) mass is 271 g/mol. The number of nitrogens with zero attached hydrogens (tertiary/aromatic N) is 3. The van der Waals surface area contributed by atoms with Gasteiger partial charge in [0.25, 0.3) is 0 Å². The van der Waals surface area contributed by atoms with Crippen molar-refractivity contribution in [2.45, 2.75) is 0 Å². The Bertz CT molecular complexity index is 662. The topological polar surface area (TPSA) is 58.8 Å². The minimum absolute atomic E-state index is 0.160. The highest BCUT2D eigenvalue weighted by Gasteiger charge is 2.15. The number of aromatic nitrogens is 2. The third-order valence-corrected chi connectivity index (χ3v) is 2.85. The van der Waals surface area contributed by atoms with Crippen LogP contribution in [0.5, 0.6) is 0 Å². The molecule has 0 fully saturated rings. The number of hydrogen-bond acceptors (Lipinski definition) is 4. The molecule has 0 spiro atoms. The van der Waals surface area contributed by atoms with Gasteiger partial charge >= 0.3 is 0 Å². The quantitative estimate of drug-likeness (QED) is 0.804. The van der Waals surface area contributed by atoms with Crippen LogP contribution in [0.3, 0.4) is 0 Å². The lowest BCUT2D eigenvalue weighted by Gasteiger charge is -2.11. The summed E-state index contributed by atoms with van der Waals surface area (Å²) in [7, 11) is 1.52. The Kier molecular flexibility index (Phi) is 3.79. The molecule has 0 aliphatic heterocycles. The van der Waals surface area contributed by atoms with Gasteiger partial charge in [-0.15, -0.1) is 0 Å². The van der Waals surface area contributed by atoms with Gasteiger partial charge in [-0.2, -0.15) is 5.26 Å². The second kappa shape index (κ2) is 5.51. The van der Waals surface area contributed by atoms with Crippen molar-refractivity contribution in [1.82, 2.24) is 9.97 Å². The average Bonchev–Trinajstić information content (AvgIpc) is 2.47. The fraction of sp³-hybridized carbons (Fsp3) is 0.0714. The molecule has 2 heterocycles. The van der Waals surface area contributed by atoms with Crippen molar-refractivity contribution in [2.24, 2.45) is 0 Å². The zero-order chi connectivity index (χ0) is 13.8. The van der Waals surface area contributed by atoms with E-state index in [0.717, 1.165) is 5.56 Å². The van der Waals surface area contributed by atoms with Crippen LogP contribution in [-0.4, -0.2) is 17.1 Å². The van der Waals surface area contributed by atoms with Crippen LogP contribution in [0.2, 0.25) is 5.02 Å². The first-order valence-corrected chi connectivity index (χ1v) is 5.79. The van der Waals surface area contributed by atoms with Crippen molar-refractivity contribution in [3.63, 3.8) is 0 Å². The summed E-state index contributed by atoms with van der Waals surface area (Å²) in [5, 5.41) is 9.28. The lowest BCUT2D eigenvalue weighted by atomic mass is 10.1. The van der Waals surface area contributed by atoms with E-state index in [-0.39, 0.29) is 10.7 Å². The number of ether oxygens (including phenoxy) is 1. The molecular weight excluding hydrogens is 262 g/mol. The predicted molar refractivity (Wildman–Crippen MR) is 73.2 cm³/mol. The Hall–Kier alpha value is -2.38. The fourth-order valence-electron chi connectivity index (χ4n) is 1.61. The summed E-state index contributed by atoms with van der Waals surface area (Å²) in [6, 6.07) is 7.21. The molecule has 0 radical (unpaired) electrons. The molecule has 0 saturated heterocycles. The first kappa shape index (κ1) is 13.1. The highest BCUT2D eigenvalue weighted by Crippen LogP contribution is 2.30. The van der Waals surface area contributed by atoms with Crippen LogP contribution in [-0.2, 0) is 4.74 Å². The first-order chi connectivity index (χ1) is 9.17. The van der Waals surface area contributed by atoms with Crippen LogP contribution in [0.15, 0.2) is 37.2 Å². The van der Waals surface area contributed by atoms with Gasteiger partial charge in [-0.25, -0.2) is 4.98 Å². The fourth-order valence-corrected chi connectivity index (χ4v) is 1.81. The molecule has 0 aliphatic carbocycles. The van der Waals surface area contributed by atoms with E-state index in [9.17, 15) is 0 Å². The van der Waals surface area contributed by atoms with Crippen LogP contribution in [0.1, 0.15) is 11.3 Å². The largest absolute Gasteiger partial charge is 0.497 e.